The zero-order valence-corrected chi connectivity index (χ0v) is 15.5. The smallest absolute Gasteiger partial charge is 0.291 e. The number of methoxy groups -OCH3 is 1. The molecule has 1 N–H and O–H groups in total. The minimum absolute atomic E-state index is 0.0480. The van der Waals surface area contributed by atoms with Gasteiger partial charge in [-0.3, -0.25) is 4.79 Å². The second-order valence-corrected chi connectivity index (χ2v) is 6.19. The summed E-state index contributed by atoms with van der Waals surface area (Å²) >= 11 is 5.91. The lowest BCUT2D eigenvalue weighted by molar-refractivity contribution is 0.0992. The molecule has 0 bridgehead atoms. The number of halogens is 2. The third kappa shape index (κ3) is 4.60. The third-order valence-corrected chi connectivity index (χ3v) is 4.05. The maximum absolute atomic E-state index is 13.0. The fourth-order valence-electron chi connectivity index (χ4n) is 2.42. The van der Waals surface area contributed by atoms with E-state index in [1.54, 1.807) is 24.3 Å². The van der Waals surface area contributed by atoms with Crippen molar-refractivity contribution in [1.29, 1.82) is 0 Å². The first-order chi connectivity index (χ1) is 13.0. The Hall–Kier alpha value is -2.99. The molecule has 7 heteroatoms. The lowest BCUT2D eigenvalue weighted by Gasteiger charge is -2.10. The standard InChI is InChI=1S/C20H17ClFNO4/c1-12-3-6-18(25-2)16(9-12)23-20(24)19-8-5-14(27-19)11-26-17-7-4-13(22)10-15(17)21/h3-10H,11H2,1-2H3,(H,23,24). The van der Waals surface area contributed by atoms with Gasteiger partial charge < -0.3 is 19.2 Å². The van der Waals surface area contributed by atoms with Crippen LogP contribution in [0.5, 0.6) is 11.5 Å². The number of hydrogen-bond donors (Lipinski definition) is 1. The molecule has 27 heavy (non-hydrogen) atoms. The van der Waals surface area contributed by atoms with E-state index in [0.717, 1.165) is 11.6 Å². The molecule has 0 radical (unpaired) electrons. The minimum Gasteiger partial charge on any atom is -0.495 e. The highest BCUT2D eigenvalue weighted by atomic mass is 35.5. The van der Waals surface area contributed by atoms with Gasteiger partial charge in [-0.05, 0) is 55.0 Å². The van der Waals surface area contributed by atoms with Crippen LogP contribution in [0.25, 0.3) is 0 Å². The van der Waals surface area contributed by atoms with Crippen LogP contribution in [0.2, 0.25) is 5.02 Å². The van der Waals surface area contributed by atoms with E-state index in [1.165, 1.54) is 19.2 Å². The highest BCUT2D eigenvalue weighted by Crippen LogP contribution is 2.27. The average Bonchev–Trinajstić information content (AvgIpc) is 3.10. The summed E-state index contributed by atoms with van der Waals surface area (Å²) in [5.74, 6) is 0.569. The molecule has 0 atom stereocenters. The number of rotatable bonds is 6. The first-order valence-corrected chi connectivity index (χ1v) is 8.46. The molecule has 1 heterocycles. The molecule has 0 unspecified atom stereocenters. The summed E-state index contributed by atoms with van der Waals surface area (Å²) in [4.78, 5) is 12.4. The van der Waals surface area contributed by atoms with Crippen molar-refractivity contribution >= 4 is 23.2 Å². The van der Waals surface area contributed by atoms with E-state index in [-0.39, 0.29) is 17.4 Å². The number of nitrogens with one attached hydrogen (secondary N) is 1. The largest absolute Gasteiger partial charge is 0.495 e. The normalized spacial score (nSPS) is 10.5. The van der Waals surface area contributed by atoms with Crippen molar-refractivity contribution in [1.82, 2.24) is 0 Å². The highest BCUT2D eigenvalue weighted by Gasteiger charge is 2.14. The molecule has 0 saturated carbocycles. The summed E-state index contributed by atoms with van der Waals surface area (Å²) in [7, 11) is 1.53. The summed E-state index contributed by atoms with van der Waals surface area (Å²) in [5.41, 5.74) is 1.53. The van der Waals surface area contributed by atoms with Gasteiger partial charge in [-0.1, -0.05) is 17.7 Å². The SMILES string of the molecule is COc1ccc(C)cc1NC(=O)c1ccc(COc2ccc(F)cc2Cl)o1. The fourth-order valence-corrected chi connectivity index (χ4v) is 2.64. The Kier molecular flexibility index (Phi) is 5.66. The summed E-state index contributed by atoms with van der Waals surface area (Å²) in [6.07, 6.45) is 0. The van der Waals surface area contributed by atoms with E-state index in [2.05, 4.69) is 5.32 Å². The monoisotopic (exact) mass is 389 g/mol. The fraction of sp³-hybridized carbons (Fsp3) is 0.150. The highest BCUT2D eigenvalue weighted by molar-refractivity contribution is 6.32. The third-order valence-electron chi connectivity index (χ3n) is 3.75. The van der Waals surface area contributed by atoms with Crippen LogP contribution in [-0.4, -0.2) is 13.0 Å². The molecular formula is C20H17ClFNO4. The van der Waals surface area contributed by atoms with Crippen molar-refractivity contribution in [3.8, 4) is 11.5 Å². The molecule has 0 fully saturated rings. The quantitative estimate of drug-likeness (QED) is 0.627. The van der Waals surface area contributed by atoms with Gasteiger partial charge in [0.05, 0.1) is 17.8 Å². The van der Waals surface area contributed by atoms with Crippen molar-refractivity contribution in [3.63, 3.8) is 0 Å². The zero-order chi connectivity index (χ0) is 19.4. The van der Waals surface area contributed by atoms with Crippen molar-refractivity contribution < 1.29 is 23.1 Å². The Bertz CT molecular complexity index is 970. The van der Waals surface area contributed by atoms with Crippen LogP contribution in [0, 0.1) is 12.7 Å². The summed E-state index contributed by atoms with van der Waals surface area (Å²) in [6.45, 7) is 1.96. The van der Waals surface area contributed by atoms with Gasteiger partial charge >= 0.3 is 0 Å². The lowest BCUT2D eigenvalue weighted by Crippen LogP contribution is -2.12. The molecule has 2 aromatic carbocycles. The Morgan fingerprint density at radius 2 is 1.93 bits per heavy atom. The molecule has 5 nitrogen and oxygen atoms in total. The van der Waals surface area contributed by atoms with Crippen LogP contribution in [0.3, 0.4) is 0 Å². The second-order valence-electron chi connectivity index (χ2n) is 5.79. The van der Waals surface area contributed by atoms with Crippen LogP contribution < -0.4 is 14.8 Å². The molecule has 0 spiro atoms. The van der Waals surface area contributed by atoms with Crippen molar-refractivity contribution in [2.75, 3.05) is 12.4 Å². The average molecular weight is 390 g/mol. The molecule has 3 rings (SSSR count). The van der Waals surface area contributed by atoms with E-state index in [0.29, 0.717) is 22.9 Å². The molecule has 3 aromatic rings. The summed E-state index contributed by atoms with van der Waals surface area (Å²) in [5, 5.41) is 2.92. The van der Waals surface area contributed by atoms with Gasteiger partial charge in [0.1, 0.15) is 29.7 Å². The van der Waals surface area contributed by atoms with Crippen LogP contribution in [0.15, 0.2) is 52.9 Å². The number of amides is 1. The number of carbonyl (C=O) groups excluding carboxylic acids is 1. The Balaban J connectivity index is 1.66. The number of aryl methyl sites for hydroxylation is 1. The maximum Gasteiger partial charge on any atom is 0.291 e. The van der Waals surface area contributed by atoms with E-state index in [9.17, 15) is 9.18 Å². The first kappa shape index (κ1) is 18.8. The number of furan rings is 1. The number of benzene rings is 2. The predicted molar refractivity (Wildman–Crippen MR) is 100 cm³/mol. The van der Waals surface area contributed by atoms with E-state index >= 15 is 0 Å². The lowest BCUT2D eigenvalue weighted by atomic mass is 10.2. The van der Waals surface area contributed by atoms with Gasteiger partial charge in [-0.25, -0.2) is 4.39 Å². The van der Waals surface area contributed by atoms with E-state index in [4.69, 9.17) is 25.5 Å². The first-order valence-electron chi connectivity index (χ1n) is 8.09. The van der Waals surface area contributed by atoms with Gasteiger partial charge in [0.2, 0.25) is 0 Å². The number of anilines is 1. The van der Waals surface area contributed by atoms with Gasteiger partial charge in [0.15, 0.2) is 5.76 Å². The van der Waals surface area contributed by atoms with E-state index < -0.39 is 11.7 Å². The van der Waals surface area contributed by atoms with Gasteiger partial charge in [0, 0.05) is 0 Å². The molecule has 0 aliphatic heterocycles. The van der Waals surface area contributed by atoms with Gasteiger partial charge in [-0.2, -0.15) is 0 Å². The molecule has 0 aliphatic rings. The minimum atomic E-state index is -0.448. The molecule has 0 saturated heterocycles. The summed E-state index contributed by atoms with van der Waals surface area (Å²) in [6, 6.07) is 12.5. The van der Waals surface area contributed by atoms with Crippen molar-refractivity contribution in [2.45, 2.75) is 13.5 Å². The van der Waals surface area contributed by atoms with Crippen LogP contribution >= 0.6 is 11.6 Å². The second kappa shape index (κ2) is 8.14. The van der Waals surface area contributed by atoms with Crippen LogP contribution in [0.4, 0.5) is 10.1 Å². The van der Waals surface area contributed by atoms with Crippen molar-refractivity contribution in [2.24, 2.45) is 0 Å². The topological polar surface area (TPSA) is 60.7 Å². The molecule has 1 aromatic heterocycles. The molecule has 140 valence electrons. The molecular weight excluding hydrogens is 373 g/mol. The van der Waals surface area contributed by atoms with Gasteiger partial charge in [-0.15, -0.1) is 0 Å². The van der Waals surface area contributed by atoms with Crippen molar-refractivity contribution in [3.05, 3.63) is 76.5 Å². The Morgan fingerprint density at radius 3 is 2.67 bits per heavy atom. The van der Waals surface area contributed by atoms with Crippen LogP contribution in [0.1, 0.15) is 21.9 Å². The predicted octanol–water partition coefficient (Wildman–Crippen LogP) is 5.22. The van der Waals surface area contributed by atoms with E-state index in [1.807, 2.05) is 13.0 Å². The molecule has 0 aliphatic carbocycles. The Labute approximate surface area is 160 Å². The summed E-state index contributed by atoms with van der Waals surface area (Å²) < 4.78 is 29.3. The van der Waals surface area contributed by atoms with Gasteiger partial charge in [0.25, 0.3) is 5.91 Å². The number of ether oxygens (including phenoxy) is 2. The number of hydrogen-bond acceptors (Lipinski definition) is 4. The zero-order valence-electron chi connectivity index (χ0n) is 14.7. The maximum atomic E-state index is 13.0. The number of carbonyl (C=O) groups is 1. The Morgan fingerprint density at radius 1 is 1.15 bits per heavy atom. The molecule has 1 amide bonds. The van der Waals surface area contributed by atoms with Crippen LogP contribution in [-0.2, 0) is 6.61 Å².